The molecule has 34 heavy (non-hydrogen) atoms. The molecule has 0 radical (unpaired) electrons. The average molecular weight is 463 g/mol. The first-order chi connectivity index (χ1) is 16.3. The minimum atomic E-state index is -0.837. The maximum absolute atomic E-state index is 13.3. The summed E-state index contributed by atoms with van der Waals surface area (Å²) in [4.78, 5) is 26.4. The fraction of sp³-hybridized carbons (Fsp3) is 0.346. The van der Waals surface area contributed by atoms with Crippen molar-refractivity contribution in [3.63, 3.8) is 0 Å². The molecule has 0 fully saturated rings. The fourth-order valence-corrected chi connectivity index (χ4v) is 4.44. The highest BCUT2D eigenvalue weighted by Crippen LogP contribution is 2.41. The van der Waals surface area contributed by atoms with Gasteiger partial charge >= 0.3 is 0 Å². The van der Waals surface area contributed by atoms with E-state index >= 15 is 0 Å². The van der Waals surface area contributed by atoms with E-state index in [4.69, 9.17) is 9.47 Å². The van der Waals surface area contributed by atoms with Crippen LogP contribution < -0.4 is 20.1 Å². The second-order valence-corrected chi connectivity index (χ2v) is 8.52. The molecule has 2 N–H and O–H groups in total. The number of rotatable bonds is 7. The van der Waals surface area contributed by atoms with Crippen molar-refractivity contribution < 1.29 is 19.1 Å². The van der Waals surface area contributed by atoms with Crippen molar-refractivity contribution in [2.24, 2.45) is 7.05 Å². The van der Waals surface area contributed by atoms with E-state index in [-0.39, 0.29) is 11.8 Å². The van der Waals surface area contributed by atoms with Gasteiger partial charge in [0, 0.05) is 24.1 Å². The Morgan fingerprint density at radius 3 is 2.68 bits per heavy atom. The molecule has 0 aliphatic carbocycles. The van der Waals surface area contributed by atoms with Crippen LogP contribution in [-0.4, -0.2) is 41.4 Å². The van der Waals surface area contributed by atoms with E-state index in [1.807, 2.05) is 51.1 Å². The predicted octanol–water partition coefficient (Wildman–Crippen LogP) is 3.72. The molecule has 8 heteroatoms. The number of hydrogen-bond acceptors (Lipinski definition) is 5. The molecule has 4 rings (SSSR count). The third-order valence-electron chi connectivity index (χ3n) is 6.01. The number of amides is 2. The van der Waals surface area contributed by atoms with Crippen molar-refractivity contribution in [3.05, 3.63) is 70.4 Å². The summed E-state index contributed by atoms with van der Waals surface area (Å²) in [5.74, 6) is 0.769. The van der Waals surface area contributed by atoms with Crippen LogP contribution in [0.2, 0.25) is 0 Å². The van der Waals surface area contributed by atoms with Gasteiger partial charge in [-0.25, -0.2) is 0 Å². The summed E-state index contributed by atoms with van der Waals surface area (Å²) in [6, 6.07) is 12.1. The number of nitrogens with zero attached hydrogens (tertiary/aromatic N) is 2. The molecule has 1 aliphatic rings. The molecule has 8 nitrogen and oxygen atoms in total. The second-order valence-electron chi connectivity index (χ2n) is 8.52. The van der Waals surface area contributed by atoms with Crippen molar-refractivity contribution in [1.82, 2.24) is 15.1 Å². The highest BCUT2D eigenvalue weighted by molar-refractivity contribution is 6.04. The summed E-state index contributed by atoms with van der Waals surface area (Å²) in [6.45, 7) is 6.40. The monoisotopic (exact) mass is 462 g/mol. The quantitative estimate of drug-likeness (QED) is 0.558. The van der Waals surface area contributed by atoms with Gasteiger partial charge in [0.25, 0.3) is 5.91 Å². The van der Waals surface area contributed by atoms with Crippen molar-refractivity contribution in [2.75, 3.05) is 19.0 Å². The number of carbonyl (C=O) groups excluding carboxylic acids is 2. The Bertz CT molecular complexity index is 1230. The predicted molar refractivity (Wildman–Crippen MR) is 130 cm³/mol. The first-order valence-electron chi connectivity index (χ1n) is 11.4. The van der Waals surface area contributed by atoms with Gasteiger partial charge in [-0.3, -0.25) is 14.3 Å². The molecule has 1 aliphatic heterocycles. The highest BCUT2D eigenvalue weighted by Gasteiger charge is 2.41. The molecular weight excluding hydrogens is 432 g/mol. The first-order valence-corrected chi connectivity index (χ1v) is 11.4. The van der Waals surface area contributed by atoms with Gasteiger partial charge in [-0.05, 0) is 50.1 Å². The van der Waals surface area contributed by atoms with Gasteiger partial charge in [0.05, 0.1) is 19.4 Å². The summed E-state index contributed by atoms with van der Waals surface area (Å²) >= 11 is 0. The number of aromatic nitrogens is 2. The Morgan fingerprint density at radius 1 is 1.18 bits per heavy atom. The van der Waals surface area contributed by atoms with Crippen molar-refractivity contribution in [1.29, 1.82) is 0 Å². The van der Waals surface area contributed by atoms with E-state index in [1.54, 1.807) is 31.0 Å². The zero-order valence-corrected chi connectivity index (χ0v) is 20.1. The maximum atomic E-state index is 13.3. The molecule has 0 saturated carbocycles. The van der Waals surface area contributed by atoms with Gasteiger partial charge in [0.1, 0.15) is 11.9 Å². The summed E-state index contributed by atoms with van der Waals surface area (Å²) in [7, 11) is 3.38. The second kappa shape index (κ2) is 9.59. The molecule has 2 atom stereocenters. The summed E-state index contributed by atoms with van der Waals surface area (Å²) in [5, 5.41) is 10.4. The van der Waals surface area contributed by atoms with Crippen molar-refractivity contribution in [2.45, 2.75) is 39.2 Å². The number of carbonyl (C=O) groups is 2. The Morgan fingerprint density at radius 2 is 1.97 bits per heavy atom. The van der Waals surface area contributed by atoms with E-state index in [2.05, 4.69) is 15.7 Å². The topological polar surface area (TPSA) is 94.5 Å². The van der Waals surface area contributed by atoms with Crippen molar-refractivity contribution >= 4 is 17.6 Å². The number of methoxy groups -OCH3 is 1. The highest BCUT2D eigenvalue weighted by atomic mass is 16.5. The standard InChI is InChI=1S/C26H30N4O4/c1-6-12-34-20-14-17(10-11-19(20)33-5)22-21-16(3)29-30(4)24(21)28-26(32)23(22)27-25(31)18-9-7-8-15(2)13-18/h7-11,13-14,22-23H,6,12H2,1-5H3,(H,27,31)(H,28,32)/t22-,23+/m0/s1. The van der Waals surface area contributed by atoms with E-state index in [0.29, 0.717) is 29.5 Å². The van der Waals surface area contributed by atoms with E-state index in [9.17, 15) is 9.59 Å². The van der Waals surface area contributed by atoms with Crippen LogP contribution in [0.15, 0.2) is 42.5 Å². The molecule has 1 aromatic heterocycles. The number of hydrogen-bond donors (Lipinski definition) is 2. The van der Waals surface area contributed by atoms with Gasteiger partial charge in [0.15, 0.2) is 11.5 Å². The summed E-state index contributed by atoms with van der Waals surface area (Å²) in [6.07, 6.45) is 0.847. The number of fused-ring (bicyclic) bond motifs is 1. The van der Waals surface area contributed by atoms with Gasteiger partial charge in [-0.15, -0.1) is 0 Å². The largest absolute Gasteiger partial charge is 0.493 e. The zero-order chi connectivity index (χ0) is 24.4. The van der Waals surface area contributed by atoms with E-state index in [0.717, 1.165) is 28.8 Å². The van der Waals surface area contributed by atoms with Crippen molar-refractivity contribution in [3.8, 4) is 11.5 Å². The SMILES string of the molecule is CCCOc1cc([C@H]2c3c(C)nn(C)c3NC(=O)[C@@H]2NC(=O)c2cccc(C)c2)ccc1OC. The molecule has 0 unspecified atom stereocenters. The lowest BCUT2D eigenvalue weighted by molar-refractivity contribution is -0.118. The average Bonchev–Trinajstić information content (AvgIpc) is 3.10. The van der Waals surface area contributed by atoms with Gasteiger partial charge < -0.3 is 20.1 Å². The molecule has 3 aromatic rings. The van der Waals surface area contributed by atoms with E-state index in [1.165, 1.54) is 0 Å². The Balaban J connectivity index is 1.80. The minimum Gasteiger partial charge on any atom is -0.493 e. The van der Waals surface area contributed by atoms with Crippen LogP contribution in [0.5, 0.6) is 11.5 Å². The third kappa shape index (κ3) is 4.35. The van der Waals surface area contributed by atoms with Gasteiger partial charge in [0.2, 0.25) is 5.91 Å². The van der Waals surface area contributed by atoms with Crippen LogP contribution in [0.4, 0.5) is 5.82 Å². The van der Waals surface area contributed by atoms with Crippen LogP contribution >= 0.6 is 0 Å². The van der Waals surface area contributed by atoms with Gasteiger partial charge in [-0.2, -0.15) is 5.10 Å². The Hall–Kier alpha value is -3.81. The third-order valence-corrected chi connectivity index (χ3v) is 6.01. The number of aryl methyl sites for hydroxylation is 3. The molecule has 178 valence electrons. The molecular formula is C26H30N4O4. The molecule has 0 bridgehead atoms. The maximum Gasteiger partial charge on any atom is 0.251 e. The Labute approximate surface area is 199 Å². The summed E-state index contributed by atoms with van der Waals surface area (Å²) < 4.78 is 13.1. The summed E-state index contributed by atoms with van der Waals surface area (Å²) in [5.41, 5.74) is 3.94. The lowest BCUT2D eigenvalue weighted by atomic mass is 9.81. The van der Waals surface area contributed by atoms with Crippen LogP contribution in [0, 0.1) is 13.8 Å². The van der Waals surface area contributed by atoms with Crippen LogP contribution in [0.1, 0.15) is 52.0 Å². The van der Waals surface area contributed by atoms with Gasteiger partial charge in [-0.1, -0.05) is 30.7 Å². The molecule has 0 saturated heterocycles. The molecule has 2 amide bonds. The van der Waals surface area contributed by atoms with Crippen LogP contribution in [0.3, 0.4) is 0 Å². The molecule has 2 heterocycles. The number of ether oxygens (including phenoxy) is 2. The lowest BCUT2D eigenvalue weighted by Gasteiger charge is -2.33. The van der Waals surface area contributed by atoms with Crippen LogP contribution in [0.25, 0.3) is 0 Å². The van der Waals surface area contributed by atoms with E-state index < -0.39 is 12.0 Å². The van der Waals surface area contributed by atoms with Crippen LogP contribution in [-0.2, 0) is 11.8 Å². The number of anilines is 1. The Kier molecular flexibility index (Phi) is 6.58. The number of benzene rings is 2. The smallest absolute Gasteiger partial charge is 0.251 e. The minimum absolute atomic E-state index is 0.298. The molecule has 2 aromatic carbocycles. The lowest BCUT2D eigenvalue weighted by Crippen LogP contribution is -2.50. The fourth-order valence-electron chi connectivity index (χ4n) is 4.44. The molecule has 0 spiro atoms. The zero-order valence-electron chi connectivity index (χ0n) is 20.1. The normalized spacial score (nSPS) is 17.0. The first kappa shape index (κ1) is 23.4. The number of nitrogens with one attached hydrogen (secondary N) is 2.